The van der Waals surface area contributed by atoms with Crippen LogP contribution in [-0.4, -0.2) is 24.2 Å². The number of amides is 1. The van der Waals surface area contributed by atoms with Crippen molar-refractivity contribution in [2.24, 2.45) is 5.41 Å². The number of carbonyl (C=O) groups is 1. The van der Waals surface area contributed by atoms with Crippen LogP contribution in [0.25, 0.3) is 0 Å². The van der Waals surface area contributed by atoms with Gasteiger partial charge in [0.2, 0.25) is 5.91 Å². The molecule has 0 aromatic rings. The Balaban J connectivity index is 3.63. The van der Waals surface area contributed by atoms with Gasteiger partial charge in [0.25, 0.3) is 0 Å². The third-order valence-electron chi connectivity index (χ3n) is 1.83. The molecule has 0 heterocycles. The van der Waals surface area contributed by atoms with Crippen molar-refractivity contribution in [1.29, 1.82) is 0 Å². The van der Waals surface area contributed by atoms with Crippen LogP contribution in [0.3, 0.4) is 0 Å². The summed E-state index contributed by atoms with van der Waals surface area (Å²) >= 11 is 0. The normalized spacial score (nSPS) is 11.3. The van der Waals surface area contributed by atoms with E-state index < -0.39 is 0 Å². The Kier molecular flexibility index (Phi) is 4.90. The summed E-state index contributed by atoms with van der Waals surface area (Å²) < 4.78 is 0. The number of hydrogen-bond donors (Lipinski definition) is 2. The van der Waals surface area contributed by atoms with Crippen molar-refractivity contribution in [3.63, 3.8) is 0 Å². The lowest BCUT2D eigenvalue weighted by molar-refractivity contribution is -0.119. The zero-order valence-corrected chi connectivity index (χ0v) is 8.18. The van der Waals surface area contributed by atoms with Crippen LogP contribution in [0, 0.1) is 5.41 Å². The van der Waals surface area contributed by atoms with Crippen molar-refractivity contribution in [3.05, 3.63) is 0 Å². The summed E-state index contributed by atoms with van der Waals surface area (Å²) in [6, 6.07) is 0. The van der Waals surface area contributed by atoms with E-state index in [0.717, 1.165) is 12.8 Å². The first-order valence-electron chi connectivity index (χ1n) is 4.33. The van der Waals surface area contributed by atoms with Crippen molar-refractivity contribution in [1.82, 2.24) is 5.32 Å². The molecule has 0 aliphatic rings. The van der Waals surface area contributed by atoms with Crippen LogP contribution in [0.5, 0.6) is 0 Å². The second kappa shape index (κ2) is 5.14. The molecular weight excluding hydrogens is 154 g/mol. The van der Waals surface area contributed by atoms with Gasteiger partial charge < -0.3 is 10.4 Å². The van der Waals surface area contributed by atoms with Crippen molar-refractivity contribution >= 4 is 5.91 Å². The van der Waals surface area contributed by atoms with Gasteiger partial charge in [-0.15, -0.1) is 0 Å². The highest BCUT2D eigenvalue weighted by Gasteiger charge is 2.16. The second-order valence-corrected chi connectivity index (χ2v) is 3.90. The molecule has 3 heteroatoms. The Morgan fingerprint density at radius 2 is 2.08 bits per heavy atom. The third kappa shape index (κ3) is 6.16. The zero-order chi connectivity index (χ0) is 9.61. The number of aliphatic hydroxyl groups excluding tert-OH is 1. The maximum atomic E-state index is 10.6. The van der Waals surface area contributed by atoms with E-state index in [2.05, 4.69) is 19.2 Å². The molecule has 0 bridgehead atoms. The van der Waals surface area contributed by atoms with Gasteiger partial charge in [0.1, 0.15) is 0 Å². The topological polar surface area (TPSA) is 49.3 Å². The minimum absolute atomic E-state index is 0.00655. The number of aliphatic hydroxyl groups is 1. The van der Waals surface area contributed by atoms with Crippen LogP contribution in [0.15, 0.2) is 0 Å². The number of nitrogens with one attached hydrogen (secondary N) is 1. The summed E-state index contributed by atoms with van der Waals surface area (Å²) in [4.78, 5) is 10.6. The molecular formula is C9H19NO2. The average Bonchev–Trinajstić information content (AvgIpc) is 1.98. The van der Waals surface area contributed by atoms with Gasteiger partial charge in [-0.1, -0.05) is 13.8 Å². The molecule has 3 nitrogen and oxygen atoms in total. The molecule has 0 spiro atoms. The van der Waals surface area contributed by atoms with Crippen LogP contribution in [0.2, 0.25) is 0 Å². The van der Waals surface area contributed by atoms with E-state index >= 15 is 0 Å². The van der Waals surface area contributed by atoms with Crippen molar-refractivity contribution in [3.8, 4) is 0 Å². The van der Waals surface area contributed by atoms with Crippen LogP contribution in [0.4, 0.5) is 0 Å². The summed E-state index contributed by atoms with van der Waals surface area (Å²) in [6.07, 6.45) is 1.73. The minimum atomic E-state index is 0.00655. The van der Waals surface area contributed by atoms with E-state index in [1.54, 1.807) is 0 Å². The number of hydrogen-bond acceptors (Lipinski definition) is 2. The molecule has 0 radical (unpaired) electrons. The quantitative estimate of drug-likeness (QED) is 0.649. The maximum Gasteiger partial charge on any atom is 0.216 e. The third-order valence-corrected chi connectivity index (χ3v) is 1.83. The molecule has 72 valence electrons. The lowest BCUT2D eigenvalue weighted by atomic mass is 9.88. The van der Waals surface area contributed by atoms with E-state index in [9.17, 15) is 4.79 Å². The second-order valence-electron chi connectivity index (χ2n) is 3.90. The van der Waals surface area contributed by atoms with Crippen LogP contribution >= 0.6 is 0 Å². The molecule has 1 amide bonds. The summed E-state index contributed by atoms with van der Waals surface area (Å²) in [5.41, 5.74) is 0.0917. The van der Waals surface area contributed by atoms with Gasteiger partial charge in [-0.3, -0.25) is 4.79 Å². The number of rotatable bonds is 5. The molecule has 0 aromatic heterocycles. The van der Waals surface area contributed by atoms with Gasteiger partial charge in [0, 0.05) is 20.1 Å². The van der Waals surface area contributed by atoms with E-state index in [0.29, 0.717) is 6.54 Å². The molecule has 0 fully saturated rings. The molecule has 0 saturated carbocycles. The van der Waals surface area contributed by atoms with Gasteiger partial charge in [0.15, 0.2) is 0 Å². The van der Waals surface area contributed by atoms with E-state index in [1.165, 1.54) is 6.92 Å². The molecule has 0 unspecified atom stereocenters. The summed E-state index contributed by atoms with van der Waals surface area (Å²) in [6.45, 7) is 6.59. The lowest BCUT2D eigenvalue weighted by Crippen LogP contribution is -2.32. The molecule has 12 heavy (non-hydrogen) atoms. The number of carbonyl (C=O) groups excluding carboxylic acids is 1. The van der Waals surface area contributed by atoms with E-state index in [4.69, 9.17) is 5.11 Å². The Morgan fingerprint density at radius 3 is 2.50 bits per heavy atom. The van der Waals surface area contributed by atoms with Crippen molar-refractivity contribution in [2.75, 3.05) is 13.2 Å². The van der Waals surface area contributed by atoms with E-state index in [1.807, 2.05) is 0 Å². The van der Waals surface area contributed by atoms with E-state index in [-0.39, 0.29) is 17.9 Å². The Hall–Kier alpha value is -0.570. The monoisotopic (exact) mass is 173 g/mol. The predicted molar refractivity (Wildman–Crippen MR) is 48.8 cm³/mol. The summed E-state index contributed by atoms with van der Waals surface area (Å²) in [7, 11) is 0. The largest absolute Gasteiger partial charge is 0.396 e. The first kappa shape index (κ1) is 11.4. The average molecular weight is 173 g/mol. The fraction of sp³-hybridized carbons (Fsp3) is 0.889. The Bertz CT molecular complexity index is 143. The van der Waals surface area contributed by atoms with Gasteiger partial charge >= 0.3 is 0 Å². The predicted octanol–water partition coefficient (Wildman–Crippen LogP) is 0.921. The van der Waals surface area contributed by atoms with Gasteiger partial charge in [-0.2, -0.15) is 0 Å². The zero-order valence-electron chi connectivity index (χ0n) is 8.18. The van der Waals surface area contributed by atoms with Crippen LogP contribution < -0.4 is 5.32 Å². The molecule has 0 rings (SSSR count). The SMILES string of the molecule is CC(=O)NCC(C)(C)CCCO. The smallest absolute Gasteiger partial charge is 0.216 e. The highest BCUT2D eigenvalue weighted by Crippen LogP contribution is 2.20. The van der Waals surface area contributed by atoms with Crippen LogP contribution in [0.1, 0.15) is 33.6 Å². The van der Waals surface area contributed by atoms with Crippen LogP contribution in [-0.2, 0) is 4.79 Å². The lowest BCUT2D eigenvalue weighted by Gasteiger charge is -2.24. The molecule has 0 aliphatic carbocycles. The standard InChI is InChI=1S/C9H19NO2/c1-8(12)10-7-9(2,3)5-4-6-11/h11H,4-7H2,1-3H3,(H,10,12). The highest BCUT2D eigenvalue weighted by molar-refractivity contribution is 5.72. The maximum absolute atomic E-state index is 10.6. The molecule has 0 atom stereocenters. The molecule has 0 aliphatic heterocycles. The first-order valence-corrected chi connectivity index (χ1v) is 4.33. The fourth-order valence-electron chi connectivity index (χ4n) is 1.01. The van der Waals surface area contributed by atoms with Crippen molar-refractivity contribution in [2.45, 2.75) is 33.6 Å². The fourth-order valence-corrected chi connectivity index (χ4v) is 1.01. The van der Waals surface area contributed by atoms with Crippen molar-refractivity contribution < 1.29 is 9.90 Å². The Morgan fingerprint density at radius 1 is 1.50 bits per heavy atom. The van der Waals surface area contributed by atoms with Gasteiger partial charge in [-0.05, 0) is 18.3 Å². The van der Waals surface area contributed by atoms with Gasteiger partial charge in [-0.25, -0.2) is 0 Å². The summed E-state index contributed by atoms with van der Waals surface area (Å²) in [5, 5.41) is 11.4. The molecule has 2 N–H and O–H groups in total. The Labute approximate surface area is 74.2 Å². The first-order chi connectivity index (χ1) is 5.48. The molecule has 0 saturated heterocycles. The molecule has 0 aromatic carbocycles. The summed E-state index contributed by atoms with van der Waals surface area (Å²) in [5.74, 6) is 0.00655. The van der Waals surface area contributed by atoms with Gasteiger partial charge in [0.05, 0.1) is 0 Å². The minimum Gasteiger partial charge on any atom is -0.396 e. The highest BCUT2D eigenvalue weighted by atomic mass is 16.2.